The molecule has 2 aliphatic heterocycles. The molecule has 2 atom stereocenters. The number of aliphatic imine (C=N–C) groups is 1. The molecule has 0 radical (unpaired) electrons. The predicted molar refractivity (Wildman–Crippen MR) is 140 cm³/mol. The monoisotopic (exact) mass is 576 g/mol. The van der Waals surface area contributed by atoms with Crippen molar-refractivity contribution in [1.29, 1.82) is 0 Å². The Hall–Kier alpha value is -1.75. The number of carbonyl (C=O) groups is 2. The van der Waals surface area contributed by atoms with E-state index in [0.717, 1.165) is 42.7 Å². The number of guanidine groups is 1. The van der Waals surface area contributed by atoms with Crippen molar-refractivity contribution >= 4 is 59.2 Å². The van der Waals surface area contributed by atoms with Crippen LogP contribution in [0.5, 0.6) is 0 Å². The minimum absolute atomic E-state index is 0. The van der Waals surface area contributed by atoms with Crippen LogP contribution in [0.4, 0.5) is 10.5 Å². The third-order valence-corrected chi connectivity index (χ3v) is 6.14. The number of nitrogens with zero attached hydrogens (tertiary/aromatic N) is 3. The summed E-state index contributed by atoms with van der Waals surface area (Å²) >= 11 is 6.12. The third kappa shape index (κ3) is 6.40. The van der Waals surface area contributed by atoms with E-state index in [-0.39, 0.29) is 42.0 Å². The van der Waals surface area contributed by atoms with Crippen molar-refractivity contribution < 1.29 is 9.59 Å². The van der Waals surface area contributed by atoms with E-state index in [1.165, 1.54) is 4.90 Å². The summed E-state index contributed by atoms with van der Waals surface area (Å²) in [6, 6.07) is 7.89. The predicted octanol–water partition coefficient (Wildman–Crippen LogP) is 3.20. The lowest BCUT2D eigenvalue weighted by atomic mass is 9.99. The van der Waals surface area contributed by atoms with Gasteiger partial charge in [-0.3, -0.25) is 14.7 Å². The lowest BCUT2D eigenvalue weighted by molar-refractivity contribution is -0.130. The fraction of sp³-hybridized carbons (Fsp3) is 0.591. The average molecular weight is 577 g/mol. The van der Waals surface area contributed by atoms with Crippen molar-refractivity contribution in [2.24, 2.45) is 4.99 Å². The molecule has 10 heteroatoms. The Labute approximate surface area is 212 Å². The molecular weight excluding hydrogens is 543 g/mol. The van der Waals surface area contributed by atoms with Crippen molar-refractivity contribution in [2.75, 3.05) is 37.6 Å². The van der Waals surface area contributed by atoms with E-state index in [1.54, 1.807) is 6.92 Å². The number of nitrogens with one attached hydrogen (secondary N) is 3. The van der Waals surface area contributed by atoms with Gasteiger partial charge in [0, 0.05) is 49.5 Å². The van der Waals surface area contributed by atoms with Gasteiger partial charge in [0.15, 0.2) is 5.96 Å². The zero-order valence-corrected chi connectivity index (χ0v) is 22.1. The van der Waals surface area contributed by atoms with Gasteiger partial charge in [-0.2, -0.15) is 0 Å². The highest BCUT2D eigenvalue weighted by atomic mass is 127. The quantitative estimate of drug-likeness (QED) is 0.145. The normalized spacial score (nSPS) is 23.2. The molecule has 32 heavy (non-hydrogen) atoms. The van der Waals surface area contributed by atoms with E-state index < -0.39 is 5.54 Å². The number of imide groups is 1. The van der Waals surface area contributed by atoms with Crippen molar-refractivity contribution in [2.45, 2.75) is 51.6 Å². The highest BCUT2D eigenvalue weighted by molar-refractivity contribution is 14.0. The van der Waals surface area contributed by atoms with Gasteiger partial charge in [-0.1, -0.05) is 24.6 Å². The first kappa shape index (κ1) is 26.5. The van der Waals surface area contributed by atoms with Crippen LogP contribution in [-0.2, 0) is 4.79 Å². The van der Waals surface area contributed by atoms with Crippen LogP contribution in [0.25, 0.3) is 0 Å². The highest BCUT2D eigenvalue weighted by Crippen LogP contribution is 2.23. The minimum atomic E-state index is -0.784. The molecule has 1 aromatic carbocycles. The molecule has 0 spiro atoms. The fourth-order valence-electron chi connectivity index (χ4n) is 3.91. The van der Waals surface area contributed by atoms with Crippen LogP contribution in [0.3, 0.4) is 0 Å². The van der Waals surface area contributed by atoms with Gasteiger partial charge < -0.3 is 20.9 Å². The molecule has 178 valence electrons. The Morgan fingerprint density at radius 1 is 1.34 bits per heavy atom. The number of anilines is 1. The van der Waals surface area contributed by atoms with Crippen LogP contribution in [0.1, 0.15) is 40.0 Å². The van der Waals surface area contributed by atoms with Gasteiger partial charge in [0.1, 0.15) is 5.54 Å². The number of urea groups is 1. The Morgan fingerprint density at radius 3 is 2.78 bits per heavy atom. The molecule has 2 unspecified atom stereocenters. The molecule has 2 fully saturated rings. The van der Waals surface area contributed by atoms with E-state index >= 15 is 0 Å². The Morgan fingerprint density at radius 2 is 2.12 bits per heavy atom. The van der Waals surface area contributed by atoms with Crippen LogP contribution in [0, 0.1) is 0 Å². The van der Waals surface area contributed by atoms with E-state index in [9.17, 15) is 9.59 Å². The van der Waals surface area contributed by atoms with Gasteiger partial charge >= 0.3 is 6.03 Å². The Balaban J connectivity index is 0.00000363. The zero-order valence-electron chi connectivity index (χ0n) is 19.0. The lowest BCUT2D eigenvalue weighted by Crippen LogP contribution is -2.44. The molecule has 0 saturated carbocycles. The van der Waals surface area contributed by atoms with Crippen molar-refractivity contribution in [3.8, 4) is 0 Å². The fourth-order valence-corrected chi connectivity index (χ4v) is 4.09. The number of carbonyl (C=O) groups excluding carboxylic acids is 2. The van der Waals surface area contributed by atoms with Crippen LogP contribution < -0.4 is 20.9 Å². The van der Waals surface area contributed by atoms with Gasteiger partial charge in [-0.05, 0) is 51.3 Å². The first-order valence-electron chi connectivity index (χ1n) is 11.1. The molecule has 3 N–H and O–H groups in total. The summed E-state index contributed by atoms with van der Waals surface area (Å²) in [6.07, 6.45) is 2.21. The summed E-state index contributed by atoms with van der Waals surface area (Å²) < 4.78 is 0. The lowest BCUT2D eigenvalue weighted by Gasteiger charge is -2.21. The number of hydrogen-bond acceptors (Lipinski definition) is 4. The zero-order chi connectivity index (χ0) is 22.4. The second-order valence-corrected chi connectivity index (χ2v) is 8.68. The van der Waals surface area contributed by atoms with E-state index in [1.807, 2.05) is 32.0 Å². The largest absolute Gasteiger partial charge is 0.369 e. The molecule has 3 amide bonds. The molecule has 0 aromatic heterocycles. The van der Waals surface area contributed by atoms with E-state index in [2.05, 4.69) is 31.9 Å². The Kier molecular flexibility index (Phi) is 9.87. The number of halogens is 2. The van der Waals surface area contributed by atoms with Crippen LogP contribution in [0.2, 0.25) is 5.02 Å². The SMILES string of the molecule is CCNC(=NCCCN1C(=O)NC(C)(CC)C1=O)NC1CCN(c2cccc(Cl)c2)C1.I. The molecule has 2 saturated heterocycles. The maximum Gasteiger partial charge on any atom is 0.325 e. The summed E-state index contributed by atoms with van der Waals surface area (Å²) in [5.74, 6) is 0.608. The minimum Gasteiger partial charge on any atom is -0.369 e. The summed E-state index contributed by atoms with van der Waals surface area (Å²) in [7, 11) is 0. The molecular formula is C22H34ClIN6O2. The first-order valence-corrected chi connectivity index (χ1v) is 11.4. The van der Waals surface area contributed by atoms with Gasteiger partial charge in [-0.25, -0.2) is 4.79 Å². The number of hydrogen-bond donors (Lipinski definition) is 3. The summed E-state index contributed by atoms with van der Waals surface area (Å²) in [5, 5.41) is 10.3. The molecule has 3 rings (SSSR count). The summed E-state index contributed by atoms with van der Waals surface area (Å²) in [4.78, 5) is 32.8. The second kappa shape index (κ2) is 11.9. The molecule has 2 heterocycles. The van der Waals surface area contributed by atoms with Gasteiger partial charge in [0.05, 0.1) is 0 Å². The van der Waals surface area contributed by atoms with Crippen molar-refractivity contribution in [3.63, 3.8) is 0 Å². The number of amides is 3. The van der Waals surface area contributed by atoms with Crippen molar-refractivity contribution in [1.82, 2.24) is 20.9 Å². The average Bonchev–Trinajstić information content (AvgIpc) is 3.29. The maximum atomic E-state index is 12.5. The Bertz CT molecular complexity index is 838. The highest BCUT2D eigenvalue weighted by Gasteiger charge is 2.45. The van der Waals surface area contributed by atoms with Crippen molar-refractivity contribution in [3.05, 3.63) is 29.3 Å². The molecule has 1 aromatic rings. The van der Waals surface area contributed by atoms with Gasteiger partial charge in [0.2, 0.25) is 0 Å². The molecule has 2 aliphatic rings. The molecule has 0 bridgehead atoms. The second-order valence-electron chi connectivity index (χ2n) is 8.24. The maximum absolute atomic E-state index is 12.5. The standard InChI is InChI=1S/C22H33ClN6O2.HI/c1-4-22(3)19(30)29(21(31)27-22)12-7-11-25-20(24-5-2)26-17-10-13-28(15-17)18-9-6-8-16(23)14-18;/h6,8-9,14,17H,4-5,7,10-13,15H2,1-3H3,(H,27,31)(H2,24,25,26);1H. The topological polar surface area (TPSA) is 89.1 Å². The number of rotatable bonds is 8. The summed E-state index contributed by atoms with van der Waals surface area (Å²) in [6.45, 7) is 9.20. The van der Waals surface area contributed by atoms with Gasteiger partial charge in [0.25, 0.3) is 5.91 Å². The molecule has 8 nitrogen and oxygen atoms in total. The molecule has 0 aliphatic carbocycles. The van der Waals surface area contributed by atoms with Gasteiger partial charge in [-0.15, -0.1) is 24.0 Å². The van der Waals surface area contributed by atoms with Crippen LogP contribution in [0.15, 0.2) is 29.3 Å². The third-order valence-electron chi connectivity index (χ3n) is 5.91. The first-order chi connectivity index (χ1) is 14.9. The number of benzene rings is 1. The summed E-state index contributed by atoms with van der Waals surface area (Å²) in [5.41, 5.74) is 0.347. The van der Waals surface area contributed by atoms with E-state index in [4.69, 9.17) is 11.6 Å². The smallest absolute Gasteiger partial charge is 0.325 e. The van der Waals surface area contributed by atoms with E-state index in [0.29, 0.717) is 25.9 Å². The van der Waals surface area contributed by atoms with Crippen LogP contribution >= 0.6 is 35.6 Å². The van der Waals surface area contributed by atoms with Crippen LogP contribution in [-0.4, -0.2) is 67.1 Å².